The highest BCUT2D eigenvalue weighted by Gasteiger charge is 2.43. The molecule has 0 bridgehead atoms. The molecule has 1 aliphatic rings. The van der Waals surface area contributed by atoms with E-state index in [9.17, 15) is 9.59 Å². The van der Waals surface area contributed by atoms with E-state index in [0.29, 0.717) is 33.5 Å². The van der Waals surface area contributed by atoms with E-state index in [4.69, 9.17) is 23.2 Å². The lowest BCUT2D eigenvalue weighted by Crippen LogP contribution is -2.31. The fourth-order valence-corrected chi connectivity index (χ4v) is 5.60. The van der Waals surface area contributed by atoms with Gasteiger partial charge in [0.1, 0.15) is 5.82 Å². The lowest BCUT2D eigenvalue weighted by molar-refractivity contribution is -0.117. The van der Waals surface area contributed by atoms with E-state index >= 15 is 0 Å². The highest BCUT2D eigenvalue weighted by atomic mass is 35.5. The molecule has 8 heteroatoms. The monoisotopic (exact) mass is 554 g/mol. The molecule has 0 spiro atoms. The molecule has 6 rings (SSSR count). The predicted molar refractivity (Wildman–Crippen MR) is 154 cm³/mol. The van der Waals surface area contributed by atoms with E-state index in [-0.39, 0.29) is 11.5 Å². The molecule has 194 valence electrons. The van der Waals surface area contributed by atoms with Crippen LogP contribution in [-0.4, -0.2) is 20.3 Å². The van der Waals surface area contributed by atoms with Crippen LogP contribution in [0, 0.1) is 0 Å². The molecular weight excluding hydrogens is 531 g/mol. The molecule has 6 nitrogen and oxygen atoms in total. The Labute approximate surface area is 235 Å². The largest absolute Gasteiger partial charge is 0.288 e. The highest BCUT2D eigenvalue weighted by Crippen LogP contribution is 2.47. The van der Waals surface area contributed by atoms with Crippen molar-refractivity contribution in [2.45, 2.75) is 25.6 Å². The maximum Gasteiger partial charge on any atom is 0.260 e. The number of benzene rings is 3. The summed E-state index contributed by atoms with van der Waals surface area (Å²) in [5.41, 5.74) is 3.87. The predicted octanol–water partition coefficient (Wildman–Crippen LogP) is 6.76. The molecule has 1 aliphatic heterocycles. The number of carbonyl (C=O) groups excluding carboxylic acids is 1. The molecule has 0 fully saturated rings. The molecule has 2 aromatic heterocycles. The van der Waals surface area contributed by atoms with Crippen molar-refractivity contribution in [1.29, 1.82) is 0 Å². The van der Waals surface area contributed by atoms with Crippen LogP contribution in [0.25, 0.3) is 11.1 Å². The standard InChI is InChI=1S/C31H24Cl2N4O2/c1-20(38)36-28-16-15-27(24-17-34-35(19-24)18-21-5-3-2-4-6-21)31(39)37(28)30(23-9-13-26(33)14-10-23)29(36)22-7-11-25(32)12-8-22/h2-17,19,29-30H,18H2,1H3. The van der Waals surface area contributed by atoms with E-state index < -0.39 is 12.1 Å². The van der Waals surface area contributed by atoms with Crippen molar-refractivity contribution in [3.8, 4) is 11.1 Å². The van der Waals surface area contributed by atoms with Crippen LogP contribution in [0.5, 0.6) is 0 Å². The van der Waals surface area contributed by atoms with E-state index in [0.717, 1.165) is 16.7 Å². The van der Waals surface area contributed by atoms with Crippen molar-refractivity contribution >= 4 is 34.9 Å². The zero-order valence-corrected chi connectivity index (χ0v) is 22.5. The average molecular weight is 555 g/mol. The van der Waals surface area contributed by atoms with Crippen LogP contribution in [0.4, 0.5) is 5.82 Å². The Kier molecular flexibility index (Phi) is 6.59. The van der Waals surface area contributed by atoms with Gasteiger partial charge < -0.3 is 0 Å². The number of anilines is 1. The summed E-state index contributed by atoms with van der Waals surface area (Å²) in [6, 6.07) is 27.5. The number of rotatable bonds is 5. The third-order valence-electron chi connectivity index (χ3n) is 7.09. The van der Waals surface area contributed by atoms with Crippen LogP contribution in [0.3, 0.4) is 0 Å². The second kappa shape index (κ2) is 10.2. The van der Waals surface area contributed by atoms with E-state index in [2.05, 4.69) is 5.10 Å². The van der Waals surface area contributed by atoms with Gasteiger partial charge in [-0.15, -0.1) is 0 Å². The first-order valence-corrected chi connectivity index (χ1v) is 13.3. The Bertz CT molecular complexity index is 1710. The Morgan fingerprint density at radius 1 is 0.821 bits per heavy atom. The third-order valence-corrected chi connectivity index (χ3v) is 7.60. The van der Waals surface area contributed by atoms with Gasteiger partial charge in [0.05, 0.1) is 30.4 Å². The van der Waals surface area contributed by atoms with Crippen LogP contribution >= 0.6 is 23.2 Å². The molecule has 3 aromatic carbocycles. The number of pyridine rings is 1. The number of hydrogen-bond acceptors (Lipinski definition) is 3. The summed E-state index contributed by atoms with van der Waals surface area (Å²) in [6.45, 7) is 2.11. The molecule has 0 aliphatic carbocycles. The van der Waals surface area contributed by atoms with Crippen LogP contribution in [0.2, 0.25) is 10.0 Å². The summed E-state index contributed by atoms with van der Waals surface area (Å²) in [7, 11) is 0. The SMILES string of the molecule is CC(=O)N1c2ccc(-c3cnn(Cc4ccccc4)c3)c(=O)n2C(c2ccc(Cl)cc2)C1c1ccc(Cl)cc1. The van der Waals surface area contributed by atoms with Crippen molar-refractivity contribution < 1.29 is 4.79 Å². The number of nitrogens with zero attached hydrogens (tertiary/aromatic N) is 4. The Balaban J connectivity index is 1.50. The maximum atomic E-state index is 14.2. The van der Waals surface area contributed by atoms with Gasteiger partial charge in [-0.3, -0.25) is 23.7 Å². The van der Waals surface area contributed by atoms with Crippen LogP contribution in [-0.2, 0) is 11.3 Å². The van der Waals surface area contributed by atoms with Crippen molar-refractivity contribution in [3.63, 3.8) is 0 Å². The average Bonchev–Trinajstić information content (AvgIpc) is 3.53. The molecule has 0 saturated carbocycles. The van der Waals surface area contributed by atoms with Gasteiger partial charge in [-0.25, -0.2) is 0 Å². The molecule has 0 radical (unpaired) electrons. The molecule has 5 aromatic rings. The molecule has 3 heterocycles. The first-order chi connectivity index (χ1) is 18.9. The van der Waals surface area contributed by atoms with Gasteiger partial charge in [0, 0.05) is 28.7 Å². The van der Waals surface area contributed by atoms with E-state index in [1.54, 1.807) is 46.0 Å². The topological polar surface area (TPSA) is 60.1 Å². The Hall–Kier alpha value is -4.13. The first kappa shape index (κ1) is 25.2. The van der Waals surface area contributed by atoms with Crippen molar-refractivity contribution in [2.24, 2.45) is 0 Å². The molecular formula is C31H24Cl2N4O2. The minimum atomic E-state index is -0.478. The van der Waals surface area contributed by atoms with Gasteiger partial charge in [0.25, 0.3) is 5.56 Å². The third kappa shape index (κ3) is 4.67. The maximum absolute atomic E-state index is 14.2. The van der Waals surface area contributed by atoms with E-state index in [1.807, 2.05) is 71.5 Å². The Morgan fingerprint density at radius 2 is 1.44 bits per heavy atom. The number of hydrogen-bond donors (Lipinski definition) is 0. The molecule has 2 atom stereocenters. The second-order valence-electron chi connectivity index (χ2n) is 9.57. The zero-order chi connectivity index (χ0) is 27.1. The summed E-state index contributed by atoms with van der Waals surface area (Å²) in [5.74, 6) is 0.371. The second-order valence-corrected chi connectivity index (χ2v) is 10.4. The highest BCUT2D eigenvalue weighted by molar-refractivity contribution is 6.30. The normalized spacial score (nSPS) is 16.3. The summed E-state index contributed by atoms with van der Waals surface area (Å²) in [6.07, 6.45) is 3.58. The van der Waals surface area contributed by atoms with E-state index in [1.165, 1.54) is 6.92 Å². The molecule has 39 heavy (non-hydrogen) atoms. The Morgan fingerprint density at radius 3 is 2.05 bits per heavy atom. The van der Waals surface area contributed by atoms with Crippen LogP contribution in [0.1, 0.15) is 35.7 Å². The summed E-state index contributed by atoms with van der Waals surface area (Å²) >= 11 is 12.4. The van der Waals surface area contributed by atoms with Crippen molar-refractivity contribution in [3.05, 3.63) is 140 Å². The first-order valence-electron chi connectivity index (χ1n) is 12.5. The van der Waals surface area contributed by atoms with Gasteiger partial charge in [-0.05, 0) is 53.1 Å². The molecule has 0 N–H and O–H groups in total. The fraction of sp³-hybridized carbons (Fsp3) is 0.129. The lowest BCUT2D eigenvalue weighted by Gasteiger charge is -2.27. The minimum absolute atomic E-state index is 0.164. The van der Waals surface area contributed by atoms with Crippen molar-refractivity contribution in [2.75, 3.05) is 4.90 Å². The number of aromatic nitrogens is 3. The minimum Gasteiger partial charge on any atom is -0.288 e. The smallest absolute Gasteiger partial charge is 0.260 e. The van der Waals surface area contributed by atoms with Crippen molar-refractivity contribution in [1.82, 2.24) is 14.3 Å². The number of amides is 1. The van der Waals surface area contributed by atoms with Gasteiger partial charge >= 0.3 is 0 Å². The number of halogens is 2. The van der Waals surface area contributed by atoms with Gasteiger partial charge in [0.2, 0.25) is 5.91 Å². The summed E-state index contributed by atoms with van der Waals surface area (Å²) in [5, 5.41) is 5.69. The van der Waals surface area contributed by atoms with Crippen LogP contribution in [0.15, 0.2) is 108 Å². The van der Waals surface area contributed by atoms with Gasteiger partial charge in [0.15, 0.2) is 0 Å². The summed E-state index contributed by atoms with van der Waals surface area (Å²) in [4.78, 5) is 29.0. The quantitative estimate of drug-likeness (QED) is 0.241. The number of fused-ring (bicyclic) bond motifs is 1. The molecule has 1 amide bonds. The van der Waals surface area contributed by atoms with Gasteiger partial charge in [-0.2, -0.15) is 5.10 Å². The number of carbonyl (C=O) groups is 1. The summed E-state index contributed by atoms with van der Waals surface area (Å²) < 4.78 is 3.53. The van der Waals surface area contributed by atoms with Crippen LogP contribution < -0.4 is 10.5 Å². The zero-order valence-electron chi connectivity index (χ0n) is 21.0. The fourth-order valence-electron chi connectivity index (χ4n) is 5.35. The molecule has 2 unspecified atom stereocenters. The molecule has 0 saturated heterocycles. The van der Waals surface area contributed by atoms with Gasteiger partial charge in [-0.1, -0.05) is 77.8 Å². The lowest BCUT2D eigenvalue weighted by atomic mass is 9.93.